The largest absolute Gasteiger partial charge is 0.497 e. The molecule has 43 heavy (non-hydrogen) atoms. The van der Waals surface area contributed by atoms with Crippen molar-refractivity contribution in [1.29, 1.82) is 0 Å². The van der Waals surface area contributed by atoms with Crippen LogP contribution in [0.2, 0.25) is 5.02 Å². The van der Waals surface area contributed by atoms with Gasteiger partial charge in [0.05, 0.1) is 22.6 Å². The molecule has 0 aliphatic heterocycles. The van der Waals surface area contributed by atoms with Gasteiger partial charge >= 0.3 is 0 Å². The minimum Gasteiger partial charge on any atom is -0.497 e. The van der Waals surface area contributed by atoms with Gasteiger partial charge in [-0.1, -0.05) is 49.2 Å². The maximum absolute atomic E-state index is 14.0. The number of methoxy groups -OCH3 is 1. The van der Waals surface area contributed by atoms with E-state index in [9.17, 15) is 28.1 Å². The monoisotopic (exact) mass is 630 g/mol. The highest BCUT2D eigenvalue weighted by Crippen LogP contribution is 2.30. The van der Waals surface area contributed by atoms with Gasteiger partial charge in [0, 0.05) is 29.7 Å². The van der Waals surface area contributed by atoms with Gasteiger partial charge < -0.3 is 15.0 Å². The lowest BCUT2D eigenvalue weighted by molar-refractivity contribution is -0.385. The molecule has 13 heteroatoms. The fourth-order valence-electron chi connectivity index (χ4n) is 4.28. The van der Waals surface area contributed by atoms with Crippen LogP contribution in [0, 0.1) is 17.0 Å². The Morgan fingerprint density at radius 2 is 1.77 bits per heavy atom. The number of carbonyl (C=O) groups excluding carboxylic acids is 2. The van der Waals surface area contributed by atoms with Crippen molar-refractivity contribution in [3.63, 3.8) is 0 Å². The predicted molar refractivity (Wildman–Crippen MR) is 165 cm³/mol. The van der Waals surface area contributed by atoms with Crippen LogP contribution in [0.4, 0.5) is 11.4 Å². The van der Waals surface area contributed by atoms with Crippen LogP contribution < -0.4 is 14.4 Å². The van der Waals surface area contributed by atoms with Crippen LogP contribution >= 0.6 is 11.6 Å². The second kappa shape index (κ2) is 14.8. The van der Waals surface area contributed by atoms with Gasteiger partial charge in [-0.25, -0.2) is 8.42 Å². The highest BCUT2D eigenvalue weighted by molar-refractivity contribution is 7.92. The Morgan fingerprint density at radius 3 is 2.37 bits per heavy atom. The van der Waals surface area contributed by atoms with E-state index in [0.29, 0.717) is 22.9 Å². The molecule has 3 aromatic rings. The number of halogens is 1. The maximum Gasteiger partial charge on any atom is 0.273 e. The summed E-state index contributed by atoms with van der Waals surface area (Å²) >= 11 is 6.38. The summed E-state index contributed by atoms with van der Waals surface area (Å²) in [5, 5.41) is 14.8. The second-order valence-electron chi connectivity index (χ2n) is 9.85. The van der Waals surface area contributed by atoms with E-state index < -0.39 is 39.3 Å². The Morgan fingerprint density at radius 1 is 1.09 bits per heavy atom. The van der Waals surface area contributed by atoms with Crippen LogP contribution in [0.15, 0.2) is 71.6 Å². The molecule has 0 aromatic heterocycles. The van der Waals surface area contributed by atoms with Gasteiger partial charge in [-0.05, 0) is 62.2 Å². The molecule has 0 saturated heterocycles. The van der Waals surface area contributed by atoms with E-state index in [1.165, 1.54) is 55.3 Å². The minimum absolute atomic E-state index is 0.0621. The van der Waals surface area contributed by atoms with Crippen LogP contribution in [0.1, 0.15) is 37.8 Å². The number of carbonyl (C=O) groups is 2. The number of nitrogens with zero attached hydrogens (tertiary/aromatic N) is 3. The molecule has 0 radical (unpaired) electrons. The van der Waals surface area contributed by atoms with Crippen LogP contribution in [0.3, 0.4) is 0 Å². The molecule has 0 spiro atoms. The number of nitro benzene ring substituents is 1. The molecule has 1 atom stereocenters. The number of hydrogen-bond acceptors (Lipinski definition) is 7. The van der Waals surface area contributed by atoms with Crippen molar-refractivity contribution in [3.05, 3.63) is 93.0 Å². The summed E-state index contributed by atoms with van der Waals surface area (Å²) in [6.45, 7) is 4.71. The Hall–Kier alpha value is -4.16. The normalized spacial score (nSPS) is 11.8. The van der Waals surface area contributed by atoms with E-state index in [0.717, 1.165) is 23.2 Å². The first-order valence-electron chi connectivity index (χ1n) is 13.6. The predicted octanol–water partition coefficient (Wildman–Crippen LogP) is 5.09. The first kappa shape index (κ1) is 33.3. The lowest BCUT2D eigenvalue weighted by atomic mass is 10.1. The third kappa shape index (κ3) is 8.23. The highest BCUT2D eigenvalue weighted by atomic mass is 35.5. The van der Waals surface area contributed by atoms with Crippen LogP contribution in [0.5, 0.6) is 5.75 Å². The molecule has 0 aliphatic carbocycles. The summed E-state index contributed by atoms with van der Waals surface area (Å²) in [6.07, 6.45) is 1.62. The standard InChI is InChI=1S/C30H35ClN4O7S/c1-5-6-17-32-30(37)22(3)33(19-23-9-7-8-10-27(23)31)29(36)20-34(24-12-14-25(42-4)15-13-24)43(40,41)26-16-11-21(2)28(18-26)35(38)39/h7-16,18,22H,5-6,17,19-20H2,1-4H3,(H,32,37)/t22-/m0/s1. The van der Waals surface area contributed by atoms with Gasteiger partial charge in [0.25, 0.3) is 15.7 Å². The summed E-state index contributed by atoms with van der Waals surface area (Å²) in [5.41, 5.74) is 0.596. The smallest absolute Gasteiger partial charge is 0.273 e. The minimum atomic E-state index is -4.51. The maximum atomic E-state index is 14.0. The lowest BCUT2D eigenvalue weighted by Crippen LogP contribution is -2.51. The first-order chi connectivity index (χ1) is 20.4. The number of nitrogens with one attached hydrogen (secondary N) is 1. The fourth-order valence-corrected chi connectivity index (χ4v) is 5.91. The SMILES string of the molecule is CCCCNC(=O)[C@H](C)N(Cc1ccccc1Cl)C(=O)CN(c1ccc(OC)cc1)S(=O)(=O)c1ccc(C)c([N+](=O)[O-])c1. The third-order valence-electron chi connectivity index (χ3n) is 6.90. The number of amides is 2. The summed E-state index contributed by atoms with van der Waals surface area (Å²) in [4.78, 5) is 38.9. The summed E-state index contributed by atoms with van der Waals surface area (Å²) in [7, 11) is -3.05. The molecular formula is C30H35ClN4O7S. The Bertz CT molecular complexity index is 1560. The third-order valence-corrected chi connectivity index (χ3v) is 9.04. The highest BCUT2D eigenvalue weighted by Gasteiger charge is 2.33. The van der Waals surface area contributed by atoms with E-state index in [2.05, 4.69) is 5.32 Å². The molecule has 0 aliphatic rings. The van der Waals surface area contributed by atoms with Crippen molar-refractivity contribution in [1.82, 2.24) is 10.2 Å². The van der Waals surface area contributed by atoms with Crippen molar-refractivity contribution in [2.75, 3.05) is 24.5 Å². The number of hydrogen-bond donors (Lipinski definition) is 1. The Kier molecular flexibility index (Phi) is 11.5. The quantitative estimate of drug-likeness (QED) is 0.149. The second-order valence-corrected chi connectivity index (χ2v) is 12.1. The summed E-state index contributed by atoms with van der Waals surface area (Å²) in [5.74, 6) is -0.628. The molecule has 0 fully saturated rings. The van der Waals surface area contributed by atoms with Gasteiger partial charge in [-0.15, -0.1) is 0 Å². The molecule has 0 saturated carbocycles. The molecule has 0 bridgehead atoms. The van der Waals surface area contributed by atoms with Crippen molar-refractivity contribution < 1.29 is 27.7 Å². The molecule has 230 valence electrons. The average Bonchev–Trinajstić information content (AvgIpc) is 2.99. The lowest BCUT2D eigenvalue weighted by Gasteiger charge is -2.32. The van der Waals surface area contributed by atoms with Crippen LogP contribution in [0.25, 0.3) is 0 Å². The van der Waals surface area contributed by atoms with Gasteiger partial charge in [-0.2, -0.15) is 0 Å². The fraction of sp³-hybridized carbons (Fsp3) is 0.333. The number of ether oxygens (including phenoxy) is 1. The van der Waals surface area contributed by atoms with Crippen molar-refractivity contribution >= 4 is 44.8 Å². The molecule has 0 unspecified atom stereocenters. The molecule has 11 nitrogen and oxygen atoms in total. The number of anilines is 1. The van der Waals surface area contributed by atoms with Crippen molar-refractivity contribution in [2.24, 2.45) is 0 Å². The zero-order chi connectivity index (χ0) is 31.7. The molecule has 1 N–H and O–H groups in total. The zero-order valence-corrected chi connectivity index (χ0v) is 26.0. The topological polar surface area (TPSA) is 139 Å². The van der Waals surface area contributed by atoms with Crippen LogP contribution in [-0.2, 0) is 26.2 Å². The Balaban J connectivity index is 2.08. The molecule has 3 rings (SSSR count). The molecule has 3 aromatic carbocycles. The first-order valence-corrected chi connectivity index (χ1v) is 15.4. The van der Waals surface area contributed by atoms with Gasteiger partial charge in [0.2, 0.25) is 11.8 Å². The molecule has 0 heterocycles. The average molecular weight is 631 g/mol. The number of benzene rings is 3. The van der Waals surface area contributed by atoms with Gasteiger partial charge in [0.15, 0.2) is 0 Å². The Labute approximate surface area is 256 Å². The van der Waals surface area contributed by atoms with Crippen molar-refractivity contribution in [3.8, 4) is 5.75 Å². The van der Waals surface area contributed by atoms with E-state index in [1.54, 1.807) is 31.2 Å². The number of nitro groups is 1. The van der Waals surface area contributed by atoms with E-state index >= 15 is 0 Å². The van der Waals surface area contributed by atoms with E-state index in [1.807, 2.05) is 6.92 Å². The summed E-state index contributed by atoms with van der Waals surface area (Å²) < 4.78 is 34.1. The number of aryl methyl sites for hydroxylation is 1. The number of sulfonamides is 1. The van der Waals surface area contributed by atoms with Crippen molar-refractivity contribution in [2.45, 2.75) is 51.1 Å². The van der Waals surface area contributed by atoms with E-state index in [4.69, 9.17) is 16.3 Å². The van der Waals surface area contributed by atoms with Gasteiger partial charge in [-0.3, -0.25) is 24.0 Å². The summed E-state index contributed by atoms with van der Waals surface area (Å²) in [6, 6.07) is 15.4. The number of unbranched alkanes of at least 4 members (excludes halogenated alkanes) is 1. The zero-order valence-electron chi connectivity index (χ0n) is 24.4. The number of rotatable bonds is 14. The van der Waals surface area contributed by atoms with Gasteiger partial charge in [0.1, 0.15) is 18.3 Å². The van der Waals surface area contributed by atoms with E-state index in [-0.39, 0.29) is 28.4 Å². The van der Waals surface area contributed by atoms with Crippen LogP contribution in [-0.4, -0.2) is 56.3 Å². The molecular weight excluding hydrogens is 596 g/mol. The molecule has 2 amide bonds.